The molecule has 0 saturated carbocycles. The van der Waals surface area contributed by atoms with E-state index in [1.54, 1.807) is 11.6 Å². The molecule has 9 heteroatoms. The quantitative estimate of drug-likeness (QED) is 0.650. The number of carbonyl (C=O) groups excluding carboxylic acids is 2. The first-order valence-electron chi connectivity index (χ1n) is 4.80. The lowest BCUT2D eigenvalue weighted by molar-refractivity contribution is -0.140. The summed E-state index contributed by atoms with van der Waals surface area (Å²) >= 11 is 0. The Morgan fingerprint density at radius 1 is 1.24 bits per heavy atom. The average molecular weight is 268 g/mol. The van der Waals surface area contributed by atoms with Gasteiger partial charge in [0, 0.05) is 6.54 Å². The zero-order valence-corrected chi connectivity index (χ0v) is 10.7. The van der Waals surface area contributed by atoms with Crippen LogP contribution in [0.3, 0.4) is 0 Å². The zero-order valence-electron chi connectivity index (χ0n) is 9.93. The zero-order chi connectivity index (χ0) is 13.5. The molecular weight excluding hydrogens is 252 g/mol. The van der Waals surface area contributed by atoms with Gasteiger partial charge in [-0.15, -0.1) is 0 Å². The van der Waals surface area contributed by atoms with Crippen LogP contribution in [-0.4, -0.2) is 52.1 Å². The van der Waals surface area contributed by atoms with Crippen LogP contribution >= 0.6 is 0 Å². The van der Waals surface area contributed by atoms with E-state index in [9.17, 15) is 18.0 Å². The molecule has 0 aromatic rings. The SMILES string of the molecule is CCCN(CC(=O)OC)S(=O)(=O)NC(=O)OC. The maximum Gasteiger partial charge on any atom is 0.421 e. The van der Waals surface area contributed by atoms with Crippen LogP contribution in [0.25, 0.3) is 0 Å². The Morgan fingerprint density at radius 2 is 1.82 bits per heavy atom. The lowest BCUT2D eigenvalue weighted by Gasteiger charge is -2.19. The summed E-state index contributed by atoms with van der Waals surface area (Å²) < 4.78 is 34.3. The minimum absolute atomic E-state index is 0.0847. The van der Waals surface area contributed by atoms with Gasteiger partial charge in [-0.1, -0.05) is 6.92 Å². The second kappa shape index (κ2) is 7.07. The van der Waals surface area contributed by atoms with Crippen LogP contribution in [0, 0.1) is 0 Å². The lowest BCUT2D eigenvalue weighted by atomic mass is 10.5. The molecular formula is C8H16N2O6S. The van der Waals surface area contributed by atoms with Crippen molar-refractivity contribution in [2.24, 2.45) is 0 Å². The highest BCUT2D eigenvalue weighted by Gasteiger charge is 2.26. The van der Waals surface area contributed by atoms with E-state index < -0.39 is 28.8 Å². The summed E-state index contributed by atoms with van der Waals surface area (Å²) in [5.41, 5.74) is 0. The monoisotopic (exact) mass is 268 g/mol. The molecule has 0 radical (unpaired) electrons. The largest absolute Gasteiger partial charge is 0.468 e. The Bertz CT molecular complexity index is 366. The summed E-state index contributed by atoms with van der Waals surface area (Å²) in [4.78, 5) is 21.9. The van der Waals surface area contributed by atoms with E-state index in [-0.39, 0.29) is 6.54 Å². The summed E-state index contributed by atoms with van der Waals surface area (Å²) in [6.45, 7) is 1.36. The number of methoxy groups -OCH3 is 2. The number of nitrogens with one attached hydrogen (secondary N) is 1. The first-order valence-corrected chi connectivity index (χ1v) is 6.24. The van der Waals surface area contributed by atoms with Gasteiger partial charge < -0.3 is 9.47 Å². The van der Waals surface area contributed by atoms with Gasteiger partial charge in [-0.3, -0.25) is 4.79 Å². The number of nitrogens with zero attached hydrogens (tertiary/aromatic N) is 1. The maximum atomic E-state index is 11.6. The van der Waals surface area contributed by atoms with Gasteiger partial charge in [0.25, 0.3) is 0 Å². The van der Waals surface area contributed by atoms with Crippen molar-refractivity contribution in [2.45, 2.75) is 13.3 Å². The van der Waals surface area contributed by atoms with Crippen molar-refractivity contribution in [3.8, 4) is 0 Å². The Labute approximate surface area is 100 Å². The summed E-state index contributed by atoms with van der Waals surface area (Å²) in [5.74, 6) is -0.714. The molecule has 0 spiro atoms. The van der Waals surface area contributed by atoms with Gasteiger partial charge in [0.1, 0.15) is 6.54 Å². The predicted molar refractivity (Wildman–Crippen MR) is 58.3 cm³/mol. The van der Waals surface area contributed by atoms with E-state index in [0.717, 1.165) is 18.5 Å². The highest BCUT2D eigenvalue weighted by Crippen LogP contribution is 2.00. The van der Waals surface area contributed by atoms with Gasteiger partial charge in [-0.25, -0.2) is 9.52 Å². The van der Waals surface area contributed by atoms with Crippen molar-refractivity contribution in [3.05, 3.63) is 0 Å². The topological polar surface area (TPSA) is 102 Å². The highest BCUT2D eigenvalue weighted by atomic mass is 32.2. The minimum atomic E-state index is -4.09. The van der Waals surface area contributed by atoms with Crippen LogP contribution in [0.1, 0.15) is 13.3 Å². The van der Waals surface area contributed by atoms with Gasteiger partial charge in [0.15, 0.2) is 0 Å². The molecule has 0 bridgehead atoms. The van der Waals surface area contributed by atoms with E-state index in [1.807, 2.05) is 0 Å². The third-order valence-corrected chi connectivity index (χ3v) is 3.16. The minimum Gasteiger partial charge on any atom is -0.468 e. The number of carbonyl (C=O) groups is 2. The summed E-state index contributed by atoms with van der Waals surface area (Å²) in [7, 11) is -1.91. The molecule has 0 aromatic heterocycles. The van der Waals surface area contributed by atoms with Gasteiger partial charge in [-0.2, -0.15) is 12.7 Å². The van der Waals surface area contributed by atoms with Crippen LogP contribution in [-0.2, 0) is 24.5 Å². The third kappa shape index (κ3) is 5.50. The molecule has 17 heavy (non-hydrogen) atoms. The fourth-order valence-corrected chi connectivity index (χ4v) is 2.08. The molecule has 0 aliphatic heterocycles. The van der Waals surface area contributed by atoms with E-state index in [4.69, 9.17) is 0 Å². The Hall–Kier alpha value is -1.35. The molecule has 0 heterocycles. The van der Waals surface area contributed by atoms with E-state index in [1.165, 1.54) is 0 Å². The van der Waals surface area contributed by atoms with Crippen LogP contribution in [0.4, 0.5) is 4.79 Å². The molecule has 0 aliphatic carbocycles. The van der Waals surface area contributed by atoms with Gasteiger partial charge >= 0.3 is 22.3 Å². The van der Waals surface area contributed by atoms with Crippen LogP contribution in [0.15, 0.2) is 0 Å². The molecule has 0 atom stereocenters. The Kier molecular flexibility index (Phi) is 6.51. The summed E-state index contributed by atoms with van der Waals surface area (Å²) in [5, 5.41) is 0. The summed E-state index contributed by atoms with van der Waals surface area (Å²) in [6, 6.07) is 0. The first-order chi connectivity index (χ1) is 7.87. The van der Waals surface area contributed by atoms with Crippen LogP contribution < -0.4 is 4.72 Å². The highest BCUT2D eigenvalue weighted by molar-refractivity contribution is 7.87. The average Bonchev–Trinajstić information content (AvgIpc) is 2.27. The van der Waals surface area contributed by atoms with E-state index >= 15 is 0 Å². The second-order valence-corrected chi connectivity index (χ2v) is 4.68. The summed E-state index contributed by atoms with van der Waals surface area (Å²) in [6.07, 6.45) is -0.630. The van der Waals surface area contributed by atoms with Crippen molar-refractivity contribution >= 4 is 22.3 Å². The molecule has 0 rings (SSSR count). The lowest BCUT2D eigenvalue weighted by Crippen LogP contribution is -2.46. The van der Waals surface area contributed by atoms with Crippen molar-refractivity contribution < 1.29 is 27.5 Å². The molecule has 0 aromatic carbocycles. The molecule has 100 valence electrons. The second-order valence-electron chi connectivity index (χ2n) is 3.01. The van der Waals surface area contributed by atoms with Crippen molar-refractivity contribution in [2.75, 3.05) is 27.3 Å². The number of ether oxygens (including phenoxy) is 2. The number of hydrogen-bond acceptors (Lipinski definition) is 6. The number of amides is 1. The van der Waals surface area contributed by atoms with Gasteiger partial charge in [0.2, 0.25) is 0 Å². The first kappa shape index (κ1) is 15.7. The van der Waals surface area contributed by atoms with Crippen molar-refractivity contribution in [3.63, 3.8) is 0 Å². The van der Waals surface area contributed by atoms with Gasteiger partial charge in [0.05, 0.1) is 14.2 Å². The number of hydrogen-bond donors (Lipinski definition) is 1. The van der Waals surface area contributed by atoms with Crippen molar-refractivity contribution in [1.82, 2.24) is 9.03 Å². The fraction of sp³-hybridized carbons (Fsp3) is 0.750. The standard InChI is InChI=1S/C8H16N2O6S/c1-4-5-10(6-7(11)15-2)17(13,14)9-8(12)16-3/h4-6H2,1-3H3,(H,9,12). The fourth-order valence-electron chi connectivity index (χ4n) is 0.954. The third-order valence-electron chi connectivity index (χ3n) is 1.74. The number of esters is 1. The molecule has 1 N–H and O–H groups in total. The van der Waals surface area contributed by atoms with Crippen LogP contribution in [0.5, 0.6) is 0 Å². The normalized spacial score (nSPS) is 11.1. The van der Waals surface area contributed by atoms with Gasteiger partial charge in [-0.05, 0) is 6.42 Å². The maximum absolute atomic E-state index is 11.6. The predicted octanol–water partition coefficient (Wildman–Crippen LogP) is -0.528. The van der Waals surface area contributed by atoms with Crippen molar-refractivity contribution in [1.29, 1.82) is 0 Å². The van der Waals surface area contributed by atoms with Crippen LogP contribution in [0.2, 0.25) is 0 Å². The Balaban J connectivity index is 4.78. The van der Waals surface area contributed by atoms with E-state index in [2.05, 4.69) is 9.47 Å². The smallest absolute Gasteiger partial charge is 0.421 e. The molecule has 0 aliphatic rings. The number of rotatable bonds is 6. The molecule has 0 fully saturated rings. The van der Waals surface area contributed by atoms with E-state index in [0.29, 0.717) is 6.42 Å². The Morgan fingerprint density at radius 3 is 2.24 bits per heavy atom. The molecule has 0 unspecified atom stereocenters. The molecule has 0 saturated heterocycles. The molecule has 8 nitrogen and oxygen atoms in total. The molecule has 1 amide bonds.